The summed E-state index contributed by atoms with van der Waals surface area (Å²) in [4.78, 5) is 19.0. The second-order valence-electron chi connectivity index (χ2n) is 7.05. The Bertz CT molecular complexity index is 1020. The topological polar surface area (TPSA) is 62.7 Å². The van der Waals surface area contributed by atoms with Gasteiger partial charge in [0.05, 0.1) is 18.7 Å². The summed E-state index contributed by atoms with van der Waals surface area (Å²) in [5, 5.41) is 11.5. The van der Waals surface area contributed by atoms with E-state index in [0.717, 1.165) is 16.6 Å². The molecule has 144 valence electrons. The molecule has 0 spiro atoms. The van der Waals surface area contributed by atoms with Crippen LogP contribution in [0.3, 0.4) is 0 Å². The number of carbonyl (C=O) groups is 1. The average molecular weight is 380 g/mol. The van der Waals surface area contributed by atoms with Crippen LogP contribution in [0.25, 0.3) is 10.9 Å². The Morgan fingerprint density at radius 2 is 2.00 bits per heavy atom. The molecule has 0 unspecified atom stereocenters. The first-order valence-electron chi connectivity index (χ1n) is 9.21. The number of hydrogen-bond donors (Lipinski definition) is 1. The highest BCUT2D eigenvalue weighted by Gasteiger charge is 2.36. The van der Waals surface area contributed by atoms with E-state index in [1.807, 2.05) is 36.4 Å². The van der Waals surface area contributed by atoms with Gasteiger partial charge in [-0.05, 0) is 30.7 Å². The molecule has 1 N–H and O–H groups in total. The van der Waals surface area contributed by atoms with Crippen molar-refractivity contribution in [2.24, 2.45) is 5.92 Å². The normalized spacial score (nSPS) is 19.2. The molecule has 28 heavy (non-hydrogen) atoms. The summed E-state index contributed by atoms with van der Waals surface area (Å²) in [5.74, 6) is -1.06. The zero-order valence-electron chi connectivity index (χ0n) is 15.5. The fourth-order valence-corrected chi connectivity index (χ4v) is 3.75. The lowest BCUT2D eigenvalue weighted by Gasteiger charge is -2.18. The highest BCUT2D eigenvalue weighted by Crippen LogP contribution is 2.28. The van der Waals surface area contributed by atoms with Crippen molar-refractivity contribution in [3.05, 3.63) is 71.7 Å². The summed E-state index contributed by atoms with van der Waals surface area (Å²) in [5.41, 5.74) is 1.67. The number of para-hydroxylation sites is 1. The SMILES string of the molecule is COc1cccc(F)c1C(=O)N1C[C@@H](Cc2ccc3ccccc3n2)[C@H](O)C1. The van der Waals surface area contributed by atoms with Gasteiger partial charge in [-0.25, -0.2) is 4.39 Å². The lowest BCUT2D eigenvalue weighted by atomic mass is 9.99. The third kappa shape index (κ3) is 3.43. The van der Waals surface area contributed by atoms with Gasteiger partial charge in [-0.3, -0.25) is 9.78 Å². The third-order valence-corrected chi connectivity index (χ3v) is 5.23. The van der Waals surface area contributed by atoms with Crippen LogP contribution in [-0.2, 0) is 6.42 Å². The van der Waals surface area contributed by atoms with Gasteiger partial charge in [-0.1, -0.05) is 30.3 Å². The van der Waals surface area contributed by atoms with Gasteiger partial charge in [0.15, 0.2) is 0 Å². The van der Waals surface area contributed by atoms with Crippen molar-refractivity contribution in [3.8, 4) is 5.75 Å². The standard InChI is InChI=1S/C22H21FN2O3/c1-28-20-8-4-6-17(23)21(20)22(27)25-12-15(19(26)13-25)11-16-10-9-14-5-2-3-7-18(14)24-16/h2-10,15,19,26H,11-13H2,1H3/t15-,19-/m1/s1. The largest absolute Gasteiger partial charge is 0.496 e. The van der Waals surface area contributed by atoms with Crippen LogP contribution in [-0.4, -0.2) is 47.2 Å². The smallest absolute Gasteiger partial charge is 0.260 e. The van der Waals surface area contributed by atoms with E-state index in [0.29, 0.717) is 13.0 Å². The molecule has 2 atom stereocenters. The van der Waals surface area contributed by atoms with E-state index in [2.05, 4.69) is 4.98 Å². The van der Waals surface area contributed by atoms with Crippen LogP contribution in [0.4, 0.5) is 4.39 Å². The number of nitrogens with zero attached hydrogens (tertiary/aromatic N) is 2. The summed E-state index contributed by atoms with van der Waals surface area (Å²) in [7, 11) is 1.40. The average Bonchev–Trinajstić information content (AvgIpc) is 3.07. The molecule has 2 heterocycles. The number of methoxy groups -OCH3 is 1. The molecule has 0 radical (unpaired) electrons. The second kappa shape index (κ2) is 7.56. The number of pyridine rings is 1. The van der Waals surface area contributed by atoms with Crippen molar-refractivity contribution in [1.82, 2.24) is 9.88 Å². The zero-order chi connectivity index (χ0) is 19.7. The van der Waals surface area contributed by atoms with Crippen molar-refractivity contribution < 1.29 is 19.0 Å². The molecular formula is C22H21FN2O3. The summed E-state index contributed by atoms with van der Waals surface area (Å²) in [6, 6.07) is 16.1. The number of ether oxygens (including phenoxy) is 1. The van der Waals surface area contributed by atoms with Gasteiger partial charge in [0.2, 0.25) is 0 Å². The number of benzene rings is 2. The van der Waals surface area contributed by atoms with Gasteiger partial charge in [-0.15, -0.1) is 0 Å². The fourth-order valence-electron chi connectivity index (χ4n) is 3.75. The van der Waals surface area contributed by atoms with Crippen molar-refractivity contribution in [2.45, 2.75) is 12.5 Å². The maximum Gasteiger partial charge on any atom is 0.260 e. The van der Waals surface area contributed by atoms with Crippen LogP contribution < -0.4 is 4.74 Å². The summed E-state index contributed by atoms with van der Waals surface area (Å²) in [6.07, 6.45) is -0.139. The number of amides is 1. The summed E-state index contributed by atoms with van der Waals surface area (Å²) < 4.78 is 19.4. The molecule has 3 aromatic rings. The highest BCUT2D eigenvalue weighted by molar-refractivity contribution is 5.97. The Morgan fingerprint density at radius 1 is 1.18 bits per heavy atom. The molecule has 4 rings (SSSR count). The number of hydrogen-bond acceptors (Lipinski definition) is 4. The lowest BCUT2D eigenvalue weighted by molar-refractivity contribution is 0.0756. The first-order chi connectivity index (χ1) is 13.6. The molecule has 1 aliphatic heterocycles. The van der Waals surface area contributed by atoms with E-state index >= 15 is 0 Å². The molecule has 1 amide bonds. The zero-order valence-corrected chi connectivity index (χ0v) is 15.5. The number of halogens is 1. The number of fused-ring (bicyclic) bond motifs is 1. The van der Waals surface area contributed by atoms with Crippen LogP contribution in [0.1, 0.15) is 16.1 Å². The van der Waals surface area contributed by atoms with Gasteiger partial charge in [0, 0.05) is 30.1 Å². The van der Waals surface area contributed by atoms with Crippen LogP contribution in [0.15, 0.2) is 54.6 Å². The Morgan fingerprint density at radius 3 is 2.82 bits per heavy atom. The Labute approximate surface area is 162 Å². The number of aliphatic hydroxyl groups is 1. The molecule has 1 saturated heterocycles. The minimum Gasteiger partial charge on any atom is -0.496 e. The number of likely N-dealkylation sites (tertiary alicyclic amines) is 1. The Kier molecular flexibility index (Phi) is 4.96. The van der Waals surface area contributed by atoms with E-state index in [9.17, 15) is 14.3 Å². The first kappa shape index (κ1) is 18.4. The van der Waals surface area contributed by atoms with Crippen molar-refractivity contribution in [3.63, 3.8) is 0 Å². The fraction of sp³-hybridized carbons (Fsp3) is 0.273. The number of aliphatic hydroxyl groups excluding tert-OH is 1. The minimum absolute atomic E-state index is 0.0957. The molecule has 0 aliphatic carbocycles. The van der Waals surface area contributed by atoms with Gasteiger partial charge in [-0.2, -0.15) is 0 Å². The maximum absolute atomic E-state index is 14.2. The predicted molar refractivity (Wildman–Crippen MR) is 104 cm³/mol. The van der Waals surface area contributed by atoms with Gasteiger partial charge in [0.1, 0.15) is 17.1 Å². The number of β-amino-alcohol motifs (C(OH)–C–C–N with tert-alkyl or cyclic N) is 1. The molecule has 5 nitrogen and oxygen atoms in total. The van der Waals surface area contributed by atoms with Crippen LogP contribution >= 0.6 is 0 Å². The third-order valence-electron chi connectivity index (χ3n) is 5.23. The van der Waals surface area contributed by atoms with Gasteiger partial charge >= 0.3 is 0 Å². The highest BCUT2D eigenvalue weighted by atomic mass is 19.1. The van der Waals surface area contributed by atoms with Crippen LogP contribution in [0, 0.1) is 11.7 Å². The Hall–Kier alpha value is -2.99. The van der Waals surface area contributed by atoms with Crippen molar-refractivity contribution >= 4 is 16.8 Å². The Balaban J connectivity index is 1.52. The van der Waals surface area contributed by atoms with E-state index < -0.39 is 17.8 Å². The minimum atomic E-state index is -0.685. The van der Waals surface area contributed by atoms with E-state index in [4.69, 9.17) is 4.74 Å². The summed E-state index contributed by atoms with van der Waals surface area (Å²) >= 11 is 0. The molecule has 1 aromatic heterocycles. The molecule has 0 bridgehead atoms. The second-order valence-corrected chi connectivity index (χ2v) is 7.05. The molecule has 0 saturated carbocycles. The van der Waals surface area contributed by atoms with Gasteiger partial charge < -0.3 is 14.7 Å². The van der Waals surface area contributed by atoms with E-state index in [1.54, 1.807) is 6.07 Å². The van der Waals surface area contributed by atoms with E-state index in [1.165, 1.54) is 24.1 Å². The molecular weight excluding hydrogens is 359 g/mol. The van der Waals surface area contributed by atoms with Crippen LogP contribution in [0.2, 0.25) is 0 Å². The predicted octanol–water partition coefficient (Wildman–Crippen LogP) is 3.06. The number of carbonyl (C=O) groups excluding carboxylic acids is 1. The molecule has 1 aliphatic rings. The maximum atomic E-state index is 14.2. The summed E-state index contributed by atoms with van der Waals surface area (Å²) in [6.45, 7) is 0.501. The van der Waals surface area contributed by atoms with E-state index in [-0.39, 0.29) is 23.8 Å². The first-order valence-corrected chi connectivity index (χ1v) is 9.21. The number of rotatable bonds is 4. The molecule has 2 aromatic carbocycles. The molecule has 1 fully saturated rings. The van der Waals surface area contributed by atoms with Crippen molar-refractivity contribution in [2.75, 3.05) is 20.2 Å². The van der Waals surface area contributed by atoms with Crippen LogP contribution in [0.5, 0.6) is 5.75 Å². The monoisotopic (exact) mass is 380 g/mol. The molecule has 6 heteroatoms. The number of aromatic nitrogens is 1. The van der Waals surface area contributed by atoms with Crippen molar-refractivity contribution in [1.29, 1.82) is 0 Å². The lowest BCUT2D eigenvalue weighted by Crippen LogP contribution is -2.30. The quantitative estimate of drug-likeness (QED) is 0.756. The van der Waals surface area contributed by atoms with Gasteiger partial charge in [0.25, 0.3) is 5.91 Å².